The molecule has 0 fully saturated rings. The lowest BCUT2D eigenvalue weighted by Gasteiger charge is -2.06. The van der Waals surface area contributed by atoms with Gasteiger partial charge in [-0.3, -0.25) is 4.21 Å². The van der Waals surface area contributed by atoms with Gasteiger partial charge in [-0.15, -0.1) is 0 Å². The van der Waals surface area contributed by atoms with Gasteiger partial charge in [0.15, 0.2) is 0 Å². The fourth-order valence-electron chi connectivity index (χ4n) is 1.17. The minimum atomic E-state index is -0.971. The molecule has 1 aromatic rings. The summed E-state index contributed by atoms with van der Waals surface area (Å²) >= 11 is 0. The van der Waals surface area contributed by atoms with Crippen LogP contribution in [-0.2, 0) is 22.1 Å². The van der Waals surface area contributed by atoms with Crippen molar-refractivity contribution in [2.45, 2.75) is 19.6 Å². The maximum Gasteiger partial charge on any atom is 0.122 e. The van der Waals surface area contributed by atoms with Crippen LogP contribution >= 0.6 is 0 Å². The molecule has 2 unspecified atom stereocenters. The molecule has 0 aliphatic heterocycles. The monoisotopic (exact) mass is 227 g/mol. The number of rotatable bonds is 6. The molecule has 0 aromatic heterocycles. The highest BCUT2D eigenvalue weighted by molar-refractivity contribution is 7.84. The smallest absolute Gasteiger partial charge is 0.122 e. The van der Waals surface area contributed by atoms with Gasteiger partial charge in [-0.1, -0.05) is 30.3 Å². The molecule has 84 valence electrons. The Labute approximate surface area is 93.1 Å². The minimum absolute atomic E-state index is 0.0360. The first-order valence-electron chi connectivity index (χ1n) is 4.90. The van der Waals surface area contributed by atoms with Crippen LogP contribution in [0.1, 0.15) is 12.5 Å². The molecule has 1 aromatic carbocycles. The van der Waals surface area contributed by atoms with Crippen LogP contribution in [-0.4, -0.2) is 21.9 Å². The molecular formula is C11H17NO2S. The zero-order valence-electron chi connectivity index (χ0n) is 8.89. The molecular weight excluding hydrogens is 210 g/mol. The zero-order chi connectivity index (χ0) is 11.1. The van der Waals surface area contributed by atoms with Crippen molar-refractivity contribution in [3.63, 3.8) is 0 Å². The van der Waals surface area contributed by atoms with Gasteiger partial charge in [0.25, 0.3) is 0 Å². The molecule has 0 amide bonds. The summed E-state index contributed by atoms with van der Waals surface area (Å²) in [5.74, 6) is 0.755. The first kappa shape index (κ1) is 12.4. The van der Waals surface area contributed by atoms with Crippen LogP contribution < -0.4 is 5.73 Å². The van der Waals surface area contributed by atoms with Crippen LogP contribution in [0.25, 0.3) is 0 Å². The Balaban J connectivity index is 2.19. The van der Waals surface area contributed by atoms with Gasteiger partial charge in [0, 0.05) is 22.6 Å². The lowest BCUT2D eigenvalue weighted by Crippen LogP contribution is -2.24. The van der Waals surface area contributed by atoms with Crippen LogP contribution in [0.3, 0.4) is 0 Å². The molecule has 15 heavy (non-hydrogen) atoms. The summed E-state index contributed by atoms with van der Waals surface area (Å²) in [6.45, 7) is 2.35. The Morgan fingerprint density at radius 3 is 2.67 bits per heavy atom. The molecule has 0 spiro atoms. The molecule has 0 heterocycles. The molecule has 4 heteroatoms. The van der Waals surface area contributed by atoms with E-state index in [0.717, 1.165) is 5.56 Å². The highest BCUT2D eigenvalue weighted by Crippen LogP contribution is 2.01. The van der Waals surface area contributed by atoms with E-state index in [9.17, 15) is 4.21 Å². The van der Waals surface area contributed by atoms with Crippen molar-refractivity contribution in [2.75, 3.05) is 11.7 Å². The fourth-order valence-corrected chi connectivity index (χ4v) is 2.12. The number of benzene rings is 1. The summed E-state index contributed by atoms with van der Waals surface area (Å²) in [6, 6.07) is 9.79. The van der Waals surface area contributed by atoms with E-state index in [4.69, 9.17) is 10.5 Å². The van der Waals surface area contributed by atoms with Crippen molar-refractivity contribution >= 4 is 10.8 Å². The molecule has 0 radical (unpaired) electrons. The maximum absolute atomic E-state index is 11.3. The van der Waals surface area contributed by atoms with Crippen LogP contribution in [0.2, 0.25) is 0 Å². The summed E-state index contributed by atoms with van der Waals surface area (Å²) in [5, 5.41) is 0. The third kappa shape index (κ3) is 5.67. The van der Waals surface area contributed by atoms with Crippen molar-refractivity contribution in [2.24, 2.45) is 5.73 Å². The first-order valence-corrected chi connectivity index (χ1v) is 6.39. The molecule has 2 atom stereocenters. The third-order valence-electron chi connectivity index (χ3n) is 1.78. The van der Waals surface area contributed by atoms with Gasteiger partial charge in [-0.05, 0) is 12.5 Å². The average molecular weight is 227 g/mol. The van der Waals surface area contributed by atoms with Crippen molar-refractivity contribution < 1.29 is 8.95 Å². The van der Waals surface area contributed by atoms with Gasteiger partial charge >= 0.3 is 0 Å². The fraction of sp³-hybridized carbons (Fsp3) is 0.455. The predicted molar refractivity (Wildman–Crippen MR) is 62.8 cm³/mol. The van der Waals surface area contributed by atoms with Crippen molar-refractivity contribution in [1.29, 1.82) is 0 Å². The van der Waals surface area contributed by atoms with E-state index in [1.807, 2.05) is 37.3 Å². The van der Waals surface area contributed by atoms with Crippen LogP contribution in [0.5, 0.6) is 0 Å². The number of ether oxygens (including phenoxy) is 1. The summed E-state index contributed by atoms with van der Waals surface area (Å²) in [4.78, 5) is 0. The highest BCUT2D eigenvalue weighted by Gasteiger charge is 2.03. The van der Waals surface area contributed by atoms with Crippen molar-refractivity contribution in [3.05, 3.63) is 35.9 Å². The van der Waals surface area contributed by atoms with E-state index >= 15 is 0 Å². The van der Waals surface area contributed by atoms with E-state index < -0.39 is 10.8 Å². The maximum atomic E-state index is 11.3. The topological polar surface area (TPSA) is 52.3 Å². The highest BCUT2D eigenvalue weighted by atomic mass is 32.2. The second-order valence-corrected chi connectivity index (χ2v) is 4.98. The van der Waals surface area contributed by atoms with E-state index in [0.29, 0.717) is 12.4 Å². The Hall–Kier alpha value is -0.710. The zero-order valence-corrected chi connectivity index (χ0v) is 9.70. The summed E-state index contributed by atoms with van der Waals surface area (Å²) in [5.41, 5.74) is 6.62. The number of hydrogen-bond donors (Lipinski definition) is 1. The predicted octanol–water partition coefficient (Wildman–Crippen LogP) is 1.26. The summed E-state index contributed by atoms with van der Waals surface area (Å²) < 4.78 is 16.7. The van der Waals surface area contributed by atoms with E-state index in [1.54, 1.807) is 0 Å². The van der Waals surface area contributed by atoms with Crippen molar-refractivity contribution in [1.82, 2.24) is 0 Å². The van der Waals surface area contributed by atoms with Crippen LogP contribution in [0.4, 0.5) is 0 Å². The first-order chi connectivity index (χ1) is 7.18. The van der Waals surface area contributed by atoms with Gasteiger partial charge in [-0.2, -0.15) is 0 Å². The third-order valence-corrected chi connectivity index (χ3v) is 3.10. The normalized spacial score (nSPS) is 14.8. The molecule has 1 rings (SSSR count). The molecule has 2 N–H and O–H groups in total. The number of hydrogen-bond acceptors (Lipinski definition) is 3. The van der Waals surface area contributed by atoms with Crippen LogP contribution in [0.15, 0.2) is 30.3 Å². The Morgan fingerprint density at radius 1 is 1.40 bits per heavy atom. The SMILES string of the molecule is CC(N)CS(=O)COCc1ccccc1. The minimum Gasteiger partial charge on any atom is -0.364 e. The molecule has 0 aliphatic carbocycles. The Bertz CT molecular complexity index is 301. The second kappa shape index (κ2) is 6.71. The quantitative estimate of drug-likeness (QED) is 0.796. The van der Waals surface area contributed by atoms with Gasteiger partial charge in [0.05, 0.1) is 6.61 Å². The van der Waals surface area contributed by atoms with E-state index in [1.165, 1.54) is 0 Å². The van der Waals surface area contributed by atoms with Crippen molar-refractivity contribution in [3.8, 4) is 0 Å². The van der Waals surface area contributed by atoms with E-state index in [-0.39, 0.29) is 12.0 Å². The molecule has 0 bridgehead atoms. The lowest BCUT2D eigenvalue weighted by molar-refractivity contribution is 0.166. The number of nitrogens with two attached hydrogens (primary N) is 1. The second-order valence-electron chi connectivity index (χ2n) is 3.54. The molecule has 0 saturated heterocycles. The summed E-state index contributed by atoms with van der Waals surface area (Å²) in [6.07, 6.45) is 0. The Kier molecular flexibility index (Phi) is 5.53. The largest absolute Gasteiger partial charge is 0.364 e. The van der Waals surface area contributed by atoms with E-state index in [2.05, 4.69) is 0 Å². The average Bonchev–Trinajstić information content (AvgIpc) is 2.18. The van der Waals surface area contributed by atoms with Gasteiger partial charge in [0.1, 0.15) is 5.94 Å². The molecule has 0 aliphatic rings. The lowest BCUT2D eigenvalue weighted by atomic mass is 10.2. The van der Waals surface area contributed by atoms with Gasteiger partial charge in [0.2, 0.25) is 0 Å². The molecule has 0 saturated carbocycles. The summed E-state index contributed by atoms with van der Waals surface area (Å²) in [7, 11) is -0.971. The standard InChI is InChI=1S/C11H17NO2S/c1-10(12)8-15(13)9-14-7-11-5-3-2-4-6-11/h2-6,10H,7-9,12H2,1H3. The Morgan fingerprint density at radius 2 is 2.07 bits per heavy atom. The van der Waals surface area contributed by atoms with Crippen LogP contribution in [0, 0.1) is 0 Å². The van der Waals surface area contributed by atoms with Gasteiger partial charge < -0.3 is 10.5 Å². The van der Waals surface area contributed by atoms with Gasteiger partial charge in [-0.25, -0.2) is 0 Å². The molecule has 3 nitrogen and oxygen atoms in total.